The first-order valence-corrected chi connectivity index (χ1v) is 13.7. The zero-order valence-electron chi connectivity index (χ0n) is 23.1. The third-order valence-electron chi connectivity index (χ3n) is 7.20. The van der Waals surface area contributed by atoms with E-state index in [4.69, 9.17) is 9.47 Å². The maximum atomic E-state index is 14.0. The molecule has 2 fully saturated rings. The Balaban J connectivity index is 1.64. The van der Waals surface area contributed by atoms with E-state index < -0.39 is 77.6 Å². The zero-order chi connectivity index (χ0) is 29.6. The zero-order valence-corrected chi connectivity index (χ0v) is 23.1. The number of aliphatic hydroxyl groups is 1. The van der Waals surface area contributed by atoms with E-state index in [9.17, 15) is 37.1 Å². The highest BCUT2D eigenvalue weighted by molar-refractivity contribution is 5.82. The summed E-state index contributed by atoms with van der Waals surface area (Å²) in [6.45, 7) is 4.80. The summed E-state index contributed by atoms with van der Waals surface area (Å²) in [5, 5.41) is 13.3. The Morgan fingerprint density at radius 1 is 0.975 bits per heavy atom. The number of piperidine rings is 1. The lowest BCUT2D eigenvalue weighted by molar-refractivity contribution is -0.156. The number of benzene rings is 1. The average Bonchev–Trinajstić information content (AvgIpc) is 2.90. The SMILES string of the molecule is CC(C)(C)OC(=O)C[C@H](NC(=O)C1CCN(C(=O)C2CCCCC2)CC1)C(O)COc1c(F)c(F)cc(F)c1F. The van der Waals surface area contributed by atoms with Crippen molar-refractivity contribution in [2.45, 2.75) is 89.9 Å². The van der Waals surface area contributed by atoms with Crippen molar-refractivity contribution >= 4 is 17.8 Å². The Morgan fingerprint density at radius 2 is 1.55 bits per heavy atom. The van der Waals surface area contributed by atoms with Crippen molar-refractivity contribution < 1.29 is 46.5 Å². The van der Waals surface area contributed by atoms with Crippen LogP contribution in [0.3, 0.4) is 0 Å². The second-order valence-corrected chi connectivity index (χ2v) is 11.5. The first kappa shape index (κ1) is 31.6. The van der Waals surface area contributed by atoms with Gasteiger partial charge >= 0.3 is 5.97 Å². The Morgan fingerprint density at radius 3 is 2.10 bits per heavy atom. The van der Waals surface area contributed by atoms with Crippen LogP contribution in [0.25, 0.3) is 0 Å². The standard InChI is InChI=1S/C28H38F4N2O6/c1-28(2,3)40-22(36)14-20(21(35)15-39-25-23(31)18(29)13-19(30)24(25)32)33-26(37)16-9-11-34(12-10-16)27(38)17-7-5-4-6-8-17/h13,16-17,20-21,35H,4-12,14-15H2,1-3H3,(H,33,37)/t20-,21?/m0/s1. The molecule has 2 aliphatic rings. The van der Waals surface area contributed by atoms with E-state index in [0.717, 1.165) is 32.1 Å². The summed E-state index contributed by atoms with van der Waals surface area (Å²) in [6, 6.07) is -1.28. The summed E-state index contributed by atoms with van der Waals surface area (Å²) >= 11 is 0. The van der Waals surface area contributed by atoms with E-state index in [0.29, 0.717) is 25.9 Å². The second-order valence-electron chi connectivity index (χ2n) is 11.5. The van der Waals surface area contributed by atoms with E-state index in [1.54, 1.807) is 25.7 Å². The molecule has 1 aliphatic heterocycles. The fourth-order valence-electron chi connectivity index (χ4n) is 5.08. The quantitative estimate of drug-likeness (QED) is 0.262. The summed E-state index contributed by atoms with van der Waals surface area (Å²) in [7, 11) is 0. The molecule has 1 saturated heterocycles. The molecule has 0 spiro atoms. The number of carbonyl (C=O) groups excluding carboxylic acids is 3. The summed E-state index contributed by atoms with van der Waals surface area (Å²) < 4.78 is 65.2. The number of likely N-dealkylation sites (tertiary alicyclic amines) is 1. The fourth-order valence-corrected chi connectivity index (χ4v) is 5.08. The molecule has 1 unspecified atom stereocenters. The van der Waals surface area contributed by atoms with Gasteiger partial charge < -0.3 is 24.8 Å². The van der Waals surface area contributed by atoms with Crippen molar-refractivity contribution in [2.75, 3.05) is 19.7 Å². The van der Waals surface area contributed by atoms with Crippen LogP contribution in [0.2, 0.25) is 0 Å². The Labute approximate surface area is 231 Å². The van der Waals surface area contributed by atoms with Gasteiger partial charge in [0.1, 0.15) is 18.3 Å². The number of nitrogens with one attached hydrogen (secondary N) is 1. The molecule has 2 N–H and O–H groups in total. The number of halogens is 4. The predicted octanol–water partition coefficient (Wildman–Crippen LogP) is 4.02. The maximum Gasteiger partial charge on any atom is 0.308 e. The molecule has 0 radical (unpaired) electrons. The van der Waals surface area contributed by atoms with Crippen LogP contribution in [-0.2, 0) is 19.1 Å². The van der Waals surface area contributed by atoms with Gasteiger partial charge in [0.2, 0.25) is 23.4 Å². The van der Waals surface area contributed by atoms with Crippen molar-refractivity contribution in [3.8, 4) is 5.75 Å². The molecule has 8 nitrogen and oxygen atoms in total. The Hall–Kier alpha value is -2.89. The lowest BCUT2D eigenvalue weighted by Crippen LogP contribution is -2.51. The number of ether oxygens (including phenoxy) is 2. The van der Waals surface area contributed by atoms with Crippen molar-refractivity contribution in [3.63, 3.8) is 0 Å². The number of nitrogens with zero attached hydrogens (tertiary/aromatic N) is 1. The van der Waals surface area contributed by atoms with Crippen LogP contribution in [-0.4, -0.2) is 65.2 Å². The van der Waals surface area contributed by atoms with E-state index in [1.165, 1.54) is 0 Å². The molecular formula is C28H38F4N2O6. The van der Waals surface area contributed by atoms with Gasteiger partial charge in [0, 0.05) is 31.0 Å². The molecule has 3 rings (SSSR count). The number of carbonyl (C=O) groups is 3. The van der Waals surface area contributed by atoms with Crippen LogP contribution in [0.5, 0.6) is 5.75 Å². The average molecular weight is 575 g/mol. The normalized spacial score (nSPS) is 18.6. The molecule has 0 aromatic heterocycles. The molecule has 1 aromatic carbocycles. The van der Waals surface area contributed by atoms with Gasteiger partial charge in [0.05, 0.1) is 12.5 Å². The van der Waals surface area contributed by atoms with Gasteiger partial charge in [0.15, 0.2) is 17.4 Å². The van der Waals surface area contributed by atoms with Crippen LogP contribution in [0.15, 0.2) is 6.07 Å². The van der Waals surface area contributed by atoms with Crippen LogP contribution in [0.1, 0.15) is 72.1 Å². The molecule has 1 aromatic rings. The van der Waals surface area contributed by atoms with Gasteiger partial charge in [-0.3, -0.25) is 14.4 Å². The first-order chi connectivity index (χ1) is 18.8. The lowest BCUT2D eigenvalue weighted by Gasteiger charge is -2.35. The highest BCUT2D eigenvalue weighted by atomic mass is 19.2. The van der Waals surface area contributed by atoms with Gasteiger partial charge in [-0.05, 0) is 46.5 Å². The van der Waals surface area contributed by atoms with Gasteiger partial charge in [-0.25, -0.2) is 8.78 Å². The van der Waals surface area contributed by atoms with E-state index >= 15 is 0 Å². The van der Waals surface area contributed by atoms with Crippen molar-refractivity contribution in [3.05, 3.63) is 29.3 Å². The topological polar surface area (TPSA) is 105 Å². The molecule has 224 valence electrons. The van der Waals surface area contributed by atoms with E-state index in [1.807, 2.05) is 0 Å². The van der Waals surface area contributed by atoms with Crippen molar-refractivity contribution in [1.82, 2.24) is 10.2 Å². The number of esters is 1. The minimum Gasteiger partial charge on any atom is -0.485 e. The molecule has 1 saturated carbocycles. The van der Waals surface area contributed by atoms with Crippen LogP contribution in [0.4, 0.5) is 17.6 Å². The fraction of sp³-hybridized carbons (Fsp3) is 0.679. The molecule has 40 heavy (non-hydrogen) atoms. The van der Waals surface area contributed by atoms with E-state index in [-0.39, 0.29) is 17.9 Å². The molecule has 1 heterocycles. The van der Waals surface area contributed by atoms with Crippen LogP contribution < -0.4 is 10.1 Å². The third-order valence-corrected chi connectivity index (χ3v) is 7.20. The smallest absolute Gasteiger partial charge is 0.308 e. The van der Waals surface area contributed by atoms with Gasteiger partial charge in [-0.1, -0.05) is 19.3 Å². The predicted molar refractivity (Wildman–Crippen MR) is 136 cm³/mol. The van der Waals surface area contributed by atoms with Gasteiger partial charge in [-0.2, -0.15) is 8.78 Å². The molecule has 1 aliphatic carbocycles. The first-order valence-electron chi connectivity index (χ1n) is 13.7. The van der Waals surface area contributed by atoms with Gasteiger partial charge in [0.25, 0.3) is 0 Å². The third kappa shape index (κ3) is 8.55. The number of hydrogen-bond donors (Lipinski definition) is 2. The minimum atomic E-state index is -1.78. The number of rotatable bonds is 9. The highest BCUT2D eigenvalue weighted by Crippen LogP contribution is 2.29. The molecular weight excluding hydrogens is 536 g/mol. The maximum absolute atomic E-state index is 14.0. The number of aliphatic hydroxyl groups excluding tert-OH is 1. The molecule has 2 atom stereocenters. The Kier molecular flexibility index (Phi) is 10.8. The second kappa shape index (κ2) is 13.6. The van der Waals surface area contributed by atoms with Crippen molar-refractivity contribution in [1.29, 1.82) is 0 Å². The van der Waals surface area contributed by atoms with Crippen molar-refractivity contribution in [2.24, 2.45) is 11.8 Å². The monoisotopic (exact) mass is 574 g/mol. The van der Waals surface area contributed by atoms with Crippen LogP contribution in [0, 0.1) is 35.1 Å². The number of hydrogen-bond acceptors (Lipinski definition) is 6. The Bertz CT molecular complexity index is 1040. The molecule has 0 bridgehead atoms. The molecule has 12 heteroatoms. The van der Waals surface area contributed by atoms with Crippen LogP contribution >= 0.6 is 0 Å². The largest absolute Gasteiger partial charge is 0.485 e. The summed E-state index contributed by atoms with van der Waals surface area (Å²) in [4.78, 5) is 40.2. The highest BCUT2D eigenvalue weighted by Gasteiger charge is 2.34. The summed E-state index contributed by atoms with van der Waals surface area (Å²) in [6.07, 6.45) is 3.52. The summed E-state index contributed by atoms with van der Waals surface area (Å²) in [5.74, 6) is -9.92. The lowest BCUT2D eigenvalue weighted by atomic mass is 9.87. The molecule has 2 amide bonds. The van der Waals surface area contributed by atoms with E-state index in [2.05, 4.69) is 5.32 Å². The summed E-state index contributed by atoms with van der Waals surface area (Å²) in [5.41, 5.74) is -0.865. The van der Waals surface area contributed by atoms with Gasteiger partial charge in [-0.15, -0.1) is 0 Å². The minimum absolute atomic E-state index is 0.0213. The number of amides is 2.